The van der Waals surface area contributed by atoms with Crippen LogP contribution in [0.25, 0.3) is 11.1 Å². The average molecular weight is 608 g/mol. The number of rotatable bonds is 7. The highest BCUT2D eigenvalue weighted by Crippen LogP contribution is 2.37. The molecule has 190 valence electrons. The first kappa shape index (κ1) is 27.8. The van der Waals surface area contributed by atoms with Gasteiger partial charge in [0.05, 0.1) is 4.90 Å². The molecule has 2 aromatic carbocycles. The SMILES string of the molecule is C[C@@H](/C=C\S(C)(=O)=O)NC(=O)C1(F)CCN(S(=O)(=O)c2ccc(Br)cc2-c2ccccc2Cl)CC1. The fraction of sp³-hybridized carbons (Fsp3) is 0.348. The molecule has 1 fully saturated rings. The minimum Gasteiger partial charge on any atom is -0.347 e. The summed E-state index contributed by atoms with van der Waals surface area (Å²) < 4.78 is 66.8. The predicted octanol–water partition coefficient (Wildman–Crippen LogP) is 4.33. The molecule has 1 amide bonds. The number of sulfonamides is 1. The quantitative estimate of drug-likeness (QED) is 0.505. The van der Waals surface area contributed by atoms with Crippen molar-refractivity contribution in [2.45, 2.75) is 36.4 Å². The molecule has 0 spiro atoms. The Bertz CT molecular complexity index is 1360. The Hall–Kier alpha value is -1.79. The van der Waals surface area contributed by atoms with E-state index in [1.54, 1.807) is 36.4 Å². The van der Waals surface area contributed by atoms with Gasteiger partial charge in [0.25, 0.3) is 5.91 Å². The Labute approximate surface area is 218 Å². The molecule has 2 aromatic rings. The molecular formula is C23H25BrClFN2O5S2. The number of carbonyl (C=O) groups is 1. The average Bonchev–Trinajstić information content (AvgIpc) is 2.77. The van der Waals surface area contributed by atoms with Crippen molar-refractivity contribution in [1.29, 1.82) is 0 Å². The van der Waals surface area contributed by atoms with E-state index in [2.05, 4.69) is 21.2 Å². The van der Waals surface area contributed by atoms with Crippen LogP contribution in [0.3, 0.4) is 0 Å². The van der Waals surface area contributed by atoms with Crippen molar-refractivity contribution in [3.8, 4) is 11.1 Å². The van der Waals surface area contributed by atoms with Crippen LogP contribution in [0.5, 0.6) is 0 Å². The molecule has 1 saturated heterocycles. The molecule has 0 unspecified atom stereocenters. The van der Waals surface area contributed by atoms with E-state index in [-0.39, 0.29) is 30.8 Å². The molecule has 7 nitrogen and oxygen atoms in total. The first-order valence-corrected chi connectivity index (χ1v) is 15.2. The van der Waals surface area contributed by atoms with Gasteiger partial charge >= 0.3 is 0 Å². The van der Waals surface area contributed by atoms with Crippen LogP contribution >= 0.6 is 27.5 Å². The molecule has 35 heavy (non-hydrogen) atoms. The van der Waals surface area contributed by atoms with Gasteiger partial charge in [0, 0.05) is 64.3 Å². The summed E-state index contributed by atoms with van der Waals surface area (Å²) in [7, 11) is -7.41. The highest BCUT2D eigenvalue weighted by Gasteiger charge is 2.44. The largest absolute Gasteiger partial charge is 0.347 e. The third kappa shape index (κ3) is 6.71. The number of hydrogen-bond acceptors (Lipinski definition) is 5. The molecule has 12 heteroatoms. The fourth-order valence-electron chi connectivity index (χ4n) is 3.71. The number of alkyl halides is 1. The van der Waals surface area contributed by atoms with Crippen molar-refractivity contribution in [2.75, 3.05) is 19.3 Å². The summed E-state index contributed by atoms with van der Waals surface area (Å²) in [5, 5.41) is 3.76. The molecule has 0 radical (unpaired) electrons. The van der Waals surface area contributed by atoms with Crippen molar-refractivity contribution in [3.63, 3.8) is 0 Å². The van der Waals surface area contributed by atoms with Crippen LogP contribution in [0.4, 0.5) is 4.39 Å². The predicted molar refractivity (Wildman–Crippen MR) is 138 cm³/mol. The van der Waals surface area contributed by atoms with Gasteiger partial charge in [-0.3, -0.25) is 4.79 Å². The number of carbonyl (C=O) groups excluding carboxylic acids is 1. The lowest BCUT2D eigenvalue weighted by Crippen LogP contribution is -2.53. The standard InChI is InChI=1S/C23H25BrClFN2O5S2/c1-16(9-14-34(2,30)31)27-22(29)23(26)10-12-28(13-11-23)35(32,33)21-8-7-17(24)15-19(21)18-5-3-4-6-20(18)25/h3-9,14-16H,10-13H2,1-2H3,(H,27,29)/b14-9-/t16-/m0/s1. The Morgan fingerprint density at radius 2 is 1.77 bits per heavy atom. The molecule has 0 bridgehead atoms. The van der Waals surface area contributed by atoms with E-state index in [1.807, 2.05) is 0 Å². The number of benzene rings is 2. The van der Waals surface area contributed by atoms with Crippen molar-refractivity contribution in [3.05, 3.63) is 63.4 Å². The minimum atomic E-state index is -4.02. The van der Waals surface area contributed by atoms with Gasteiger partial charge in [0.1, 0.15) is 0 Å². The van der Waals surface area contributed by atoms with Crippen LogP contribution in [0.2, 0.25) is 5.02 Å². The van der Waals surface area contributed by atoms with Crippen molar-refractivity contribution in [1.82, 2.24) is 9.62 Å². The number of halogens is 3. The third-order valence-electron chi connectivity index (χ3n) is 5.62. The van der Waals surface area contributed by atoms with Crippen LogP contribution in [0.15, 0.2) is 63.3 Å². The summed E-state index contributed by atoms with van der Waals surface area (Å²) in [5.41, 5.74) is -1.32. The number of sulfone groups is 1. The van der Waals surface area contributed by atoms with Gasteiger partial charge in [0.15, 0.2) is 15.5 Å². The maximum absolute atomic E-state index is 15.4. The van der Waals surface area contributed by atoms with Gasteiger partial charge in [-0.15, -0.1) is 0 Å². The molecule has 1 aliphatic heterocycles. The summed E-state index contributed by atoms with van der Waals surface area (Å²) in [6.07, 6.45) is 1.59. The van der Waals surface area contributed by atoms with E-state index in [0.29, 0.717) is 20.6 Å². The summed E-state index contributed by atoms with van der Waals surface area (Å²) in [6, 6.07) is 10.9. The van der Waals surface area contributed by atoms with Gasteiger partial charge in [-0.05, 0) is 31.2 Å². The number of nitrogens with one attached hydrogen (secondary N) is 1. The molecule has 1 aliphatic rings. The smallest absolute Gasteiger partial charge is 0.258 e. The zero-order valence-electron chi connectivity index (χ0n) is 19.0. The molecule has 1 heterocycles. The Morgan fingerprint density at radius 3 is 2.37 bits per heavy atom. The molecule has 0 aliphatic carbocycles. The Morgan fingerprint density at radius 1 is 1.14 bits per heavy atom. The fourth-order valence-corrected chi connectivity index (χ4v) is 6.46. The van der Waals surface area contributed by atoms with E-state index in [0.717, 1.165) is 16.0 Å². The molecule has 0 aromatic heterocycles. The Kier molecular flexibility index (Phi) is 8.48. The van der Waals surface area contributed by atoms with Crippen LogP contribution in [-0.4, -0.2) is 58.1 Å². The molecule has 1 atom stereocenters. The lowest BCUT2D eigenvalue weighted by Gasteiger charge is -2.35. The van der Waals surface area contributed by atoms with E-state index < -0.39 is 37.5 Å². The summed E-state index contributed by atoms with van der Waals surface area (Å²) >= 11 is 9.69. The van der Waals surface area contributed by atoms with Crippen LogP contribution in [0, 0.1) is 0 Å². The molecule has 3 rings (SSSR count). The zero-order valence-corrected chi connectivity index (χ0v) is 23.0. The topological polar surface area (TPSA) is 101 Å². The van der Waals surface area contributed by atoms with Gasteiger partial charge in [-0.25, -0.2) is 21.2 Å². The van der Waals surface area contributed by atoms with Gasteiger partial charge < -0.3 is 5.32 Å². The lowest BCUT2D eigenvalue weighted by atomic mass is 9.93. The van der Waals surface area contributed by atoms with E-state index in [4.69, 9.17) is 11.6 Å². The second kappa shape index (κ2) is 10.7. The second-order valence-corrected chi connectivity index (χ2v) is 13.6. The molecular weight excluding hydrogens is 583 g/mol. The number of nitrogens with zero attached hydrogens (tertiary/aromatic N) is 1. The van der Waals surface area contributed by atoms with Gasteiger partial charge in [0.2, 0.25) is 10.0 Å². The number of amides is 1. The van der Waals surface area contributed by atoms with Crippen LogP contribution in [-0.2, 0) is 24.7 Å². The van der Waals surface area contributed by atoms with Crippen molar-refractivity contribution in [2.24, 2.45) is 0 Å². The second-order valence-electron chi connectivity index (χ2n) is 8.41. The maximum Gasteiger partial charge on any atom is 0.258 e. The minimum absolute atomic E-state index is 0.0316. The first-order valence-electron chi connectivity index (χ1n) is 10.7. The molecule has 0 saturated carbocycles. The highest BCUT2D eigenvalue weighted by atomic mass is 79.9. The third-order valence-corrected chi connectivity index (χ3v) is 9.05. The Balaban J connectivity index is 1.79. The van der Waals surface area contributed by atoms with Gasteiger partial charge in [-0.1, -0.05) is 51.8 Å². The van der Waals surface area contributed by atoms with Crippen LogP contribution < -0.4 is 5.32 Å². The van der Waals surface area contributed by atoms with Crippen molar-refractivity contribution >= 4 is 53.3 Å². The normalized spacial score (nSPS) is 17.9. The highest BCUT2D eigenvalue weighted by molar-refractivity contribution is 9.10. The maximum atomic E-state index is 15.4. The summed E-state index contributed by atoms with van der Waals surface area (Å²) in [5.74, 6) is -0.902. The summed E-state index contributed by atoms with van der Waals surface area (Å²) in [6.45, 7) is 1.13. The number of piperidine rings is 1. The first-order chi connectivity index (χ1) is 16.2. The zero-order chi connectivity index (χ0) is 26.0. The molecule has 1 N–H and O–H groups in total. The lowest BCUT2D eigenvalue weighted by molar-refractivity contribution is -0.135. The van der Waals surface area contributed by atoms with Crippen LogP contribution in [0.1, 0.15) is 19.8 Å². The van der Waals surface area contributed by atoms with Gasteiger partial charge in [-0.2, -0.15) is 4.31 Å². The van der Waals surface area contributed by atoms with E-state index in [1.165, 1.54) is 19.1 Å². The summed E-state index contributed by atoms with van der Waals surface area (Å²) in [4.78, 5) is 12.6. The van der Waals surface area contributed by atoms with E-state index >= 15 is 4.39 Å². The van der Waals surface area contributed by atoms with Crippen molar-refractivity contribution < 1.29 is 26.0 Å². The monoisotopic (exact) mass is 606 g/mol. The van der Waals surface area contributed by atoms with E-state index in [9.17, 15) is 21.6 Å². The number of hydrogen-bond donors (Lipinski definition) is 1.